The molecule has 0 bridgehead atoms. The van der Waals surface area contributed by atoms with Gasteiger partial charge in [0.05, 0.1) is 21.8 Å². The molecular formula is C25H27N3OS. The van der Waals surface area contributed by atoms with E-state index in [0.717, 1.165) is 51.0 Å². The van der Waals surface area contributed by atoms with Gasteiger partial charge in [-0.05, 0) is 42.5 Å². The van der Waals surface area contributed by atoms with Gasteiger partial charge in [0.2, 0.25) is 5.91 Å². The molecule has 30 heavy (non-hydrogen) atoms. The topological polar surface area (TPSA) is 36.4 Å². The van der Waals surface area contributed by atoms with Gasteiger partial charge in [-0.3, -0.25) is 9.69 Å². The quantitative estimate of drug-likeness (QED) is 0.612. The molecule has 0 aliphatic carbocycles. The summed E-state index contributed by atoms with van der Waals surface area (Å²) in [6.45, 7) is 3.99. The maximum Gasteiger partial charge on any atom is 0.236 e. The van der Waals surface area contributed by atoms with Crippen LogP contribution in [0.1, 0.15) is 35.8 Å². The van der Waals surface area contributed by atoms with Gasteiger partial charge in [-0.1, -0.05) is 48.5 Å². The van der Waals surface area contributed by atoms with Crippen molar-refractivity contribution in [1.29, 1.82) is 0 Å². The van der Waals surface area contributed by atoms with Gasteiger partial charge in [-0.2, -0.15) is 0 Å². The highest BCUT2D eigenvalue weighted by Gasteiger charge is 2.28. The fourth-order valence-electron chi connectivity index (χ4n) is 4.53. The predicted molar refractivity (Wildman–Crippen MR) is 124 cm³/mol. The number of carbonyl (C=O) groups is 1. The molecule has 154 valence electrons. The monoisotopic (exact) mass is 417 g/mol. The molecule has 0 spiro atoms. The van der Waals surface area contributed by atoms with Gasteiger partial charge in [0.15, 0.2) is 0 Å². The van der Waals surface area contributed by atoms with Crippen LogP contribution < -0.4 is 0 Å². The second kappa shape index (κ2) is 8.70. The highest BCUT2D eigenvalue weighted by atomic mass is 32.1. The summed E-state index contributed by atoms with van der Waals surface area (Å²) in [5.41, 5.74) is 3.78. The van der Waals surface area contributed by atoms with E-state index in [1.807, 2.05) is 6.07 Å². The minimum atomic E-state index is 0.261. The number of carbonyl (C=O) groups excluding carboxylic acids is 1. The van der Waals surface area contributed by atoms with Crippen molar-refractivity contribution >= 4 is 33.0 Å². The molecule has 0 N–H and O–H groups in total. The first kappa shape index (κ1) is 19.5. The Morgan fingerprint density at radius 1 is 1.07 bits per heavy atom. The van der Waals surface area contributed by atoms with Crippen molar-refractivity contribution in [3.05, 3.63) is 71.2 Å². The summed E-state index contributed by atoms with van der Waals surface area (Å²) in [7, 11) is 0. The van der Waals surface area contributed by atoms with E-state index in [-0.39, 0.29) is 5.91 Å². The van der Waals surface area contributed by atoms with Crippen molar-refractivity contribution < 1.29 is 4.79 Å². The number of benzene rings is 2. The average molecular weight is 418 g/mol. The Morgan fingerprint density at radius 3 is 2.70 bits per heavy atom. The van der Waals surface area contributed by atoms with Crippen LogP contribution in [0.2, 0.25) is 0 Å². The molecule has 2 aliphatic rings. The van der Waals surface area contributed by atoms with Crippen LogP contribution in [0.15, 0.2) is 60.7 Å². The van der Waals surface area contributed by atoms with Gasteiger partial charge in [-0.25, -0.2) is 4.98 Å². The standard InChI is InChI=1S/C25H27N3OS/c29-24(18-27-15-12-20(13-16-27)19-7-2-1-3-8-19)28-14-6-9-21(17-28)25-26-22-10-4-5-11-23(22)30-25/h1-5,7-8,10-12,21H,6,9,13-18H2. The molecule has 1 aromatic heterocycles. The van der Waals surface area contributed by atoms with Crippen LogP contribution in [0.3, 0.4) is 0 Å². The molecule has 1 amide bonds. The number of hydrogen-bond acceptors (Lipinski definition) is 4. The summed E-state index contributed by atoms with van der Waals surface area (Å²) in [4.78, 5) is 22.2. The second-order valence-corrected chi connectivity index (χ2v) is 9.34. The Labute approximate surface area is 181 Å². The van der Waals surface area contributed by atoms with Crippen molar-refractivity contribution in [2.75, 3.05) is 32.7 Å². The van der Waals surface area contributed by atoms with Crippen LogP contribution in [0.5, 0.6) is 0 Å². The van der Waals surface area contributed by atoms with E-state index in [1.165, 1.54) is 20.8 Å². The van der Waals surface area contributed by atoms with Crippen LogP contribution in [0, 0.1) is 0 Å². The van der Waals surface area contributed by atoms with E-state index in [4.69, 9.17) is 4.98 Å². The molecule has 2 aromatic carbocycles. The molecule has 3 aromatic rings. The number of amides is 1. The SMILES string of the molecule is O=C(CN1CC=C(c2ccccc2)CC1)N1CCCC(c2nc3ccccc3s2)C1. The number of piperidine rings is 1. The number of fused-ring (bicyclic) bond motifs is 1. The van der Waals surface area contributed by atoms with E-state index < -0.39 is 0 Å². The molecule has 5 heteroatoms. The normalized spacial score (nSPS) is 20.3. The summed E-state index contributed by atoms with van der Waals surface area (Å²) in [5.74, 6) is 0.628. The van der Waals surface area contributed by atoms with E-state index in [0.29, 0.717) is 12.5 Å². The van der Waals surface area contributed by atoms with Gasteiger partial charge < -0.3 is 4.90 Å². The first-order valence-corrected chi connectivity index (χ1v) is 11.7. The Morgan fingerprint density at radius 2 is 1.90 bits per heavy atom. The van der Waals surface area contributed by atoms with Gasteiger partial charge >= 0.3 is 0 Å². The Bertz CT molecular complexity index is 1030. The number of thiazole rings is 1. The zero-order valence-electron chi connectivity index (χ0n) is 17.2. The Kier molecular flexibility index (Phi) is 5.65. The fraction of sp³-hybridized carbons (Fsp3) is 0.360. The lowest BCUT2D eigenvalue weighted by Gasteiger charge is -2.34. The van der Waals surface area contributed by atoms with Crippen molar-refractivity contribution in [1.82, 2.24) is 14.8 Å². The molecular weight excluding hydrogens is 390 g/mol. The molecule has 1 atom stereocenters. The Balaban J connectivity index is 1.20. The van der Waals surface area contributed by atoms with E-state index in [2.05, 4.69) is 64.4 Å². The number of aromatic nitrogens is 1. The molecule has 4 nitrogen and oxygen atoms in total. The highest BCUT2D eigenvalue weighted by molar-refractivity contribution is 7.18. The molecule has 3 heterocycles. The van der Waals surface area contributed by atoms with Crippen LogP contribution >= 0.6 is 11.3 Å². The average Bonchev–Trinajstić information content (AvgIpc) is 3.25. The third-order valence-electron chi connectivity index (χ3n) is 6.23. The van der Waals surface area contributed by atoms with Gasteiger partial charge in [-0.15, -0.1) is 11.3 Å². The molecule has 0 saturated carbocycles. The largest absolute Gasteiger partial charge is 0.341 e. The third-order valence-corrected chi connectivity index (χ3v) is 7.43. The first-order valence-electron chi connectivity index (χ1n) is 10.9. The predicted octanol–water partition coefficient (Wildman–Crippen LogP) is 4.79. The Hall–Kier alpha value is -2.50. The summed E-state index contributed by atoms with van der Waals surface area (Å²) in [6.07, 6.45) is 5.47. The number of likely N-dealkylation sites (tertiary alicyclic amines) is 1. The van der Waals surface area contributed by atoms with E-state index in [9.17, 15) is 4.79 Å². The first-order chi connectivity index (χ1) is 14.8. The molecule has 2 aliphatic heterocycles. The van der Waals surface area contributed by atoms with Crippen LogP contribution in [-0.4, -0.2) is 53.4 Å². The van der Waals surface area contributed by atoms with Gasteiger partial charge in [0.1, 0.15) is 0 Å². The van der Waals surface area contributed by atoms with Crippen molar-refractivity contribution in [2.24, 2.45) is 0 Å². The lowest BCUT2D eigenvalue weighted by molar-refractivity contribution is -0.133. The summed E-state index contributed by atoms with van der Waals surface area (Å²) < 4.78 is 1.24. The minimum Gasteiger partial charge on any atom is -0.341 e. The van der Waals surface area contributed by atoms with Crippen molar-refractivity contribution in [3.63, 3.8) is 0 Å². The van der Waals surface area contributed by atoms with Crippen LogP contribution in [0.4, 0.5) is 0 Å². The number of para-hydroxylation sites is 1. The molecule has 1 saturated heterocycles. The number of hydrogen-bond donors (Lipinski definition) is 0. The summed E-state index contributed by atoms with van der Waals surface area (Å²) in [6, 6.07) is 18.9. The van der Waals surface area contributed by atoms with E-state index in [1.54, 1.807) is 11.3 Å². The molecule has 1 unspecified atom stereocenters. The minimum absolute atomic E-state index is 0.261. The van der Waals surface area contributed by atoms with E-state index >= 15 is 0 Å². The van der Waals surface area contributed by atoms with Crippen molar-refractivity contribution in [2.45, 2.75) is 25.2 Å². The lowest BCUT2D eigenvalue weighted by Crippen LogP contribution is -2.45. The maximum absolute atomic E-state index is 13.0. The van der Waals surface area contributed by atoms with Crippen LogP contribution in [-0.2, 0) is 4.79 Å². The fourth-order valence-corrected chi connectivity index (χ4v) is 5.62. The van der Waals surface area contributed by atoms with Crippen molar-refractivity contribution in [3.8, 4) is 0 Å². The summed E-state index contributed by atoms with van der Waals surface area (Å²) in [5, 5.41) is 1.18. The zero-order valence-corrected chi connectivity index (χ0v) is 18.0. The maximum atomic E-state index is 13.0. The molecule has 1 fully saturated rings. The zero-order chi connectivity index (χ0) is 20.3. The van der Waals surface area contributed by atoms with Crippen LogP contribution in [0.25, 0.3) is 15.8 Å². The third kappa shape index (κ3) is 4.18. The molecule has 5 rings (SSSR count). The highest BCUT2D eigenvalue weighted by Crippen LogP contribution is 2.33. The van der Waals surface area contributed by atoms with Gasteiger partial charge in [0, 0.05) is 32.1 Å². The van der Waals surface area contributed by atoms with Gasteiger partial charge in [0.25, 0.3) is 0 Å². The number of nitrogens with zero attached hydrogens (tertiary/aromatic N) is 3. The number of rotatable bonds is 4. The lowest BCUT2D eigenvalue weighted by atomic mass is 9.98. The smallest absolute Gasteiger partial charge is 0.236 e. The summed E-state index contributed by atoms with van der Waals surface area (Å²) >= 11 is 1.78. The molecule has 0 radical (unpaired) electrons. The second-order valence-electron chi connectivity index (χ2n) is 8.28.